The standard InChI is InChI=1S/C15H30N2/c1-12(2)15(3,11-16)17-10-6-8-13-7-4-5-9-14(13)17/h12-14H,4-11,16H2,1-3H3/t13-,14-,15?/m1/s1. The lowest BCUT2D eigenvalue weighted by atomic mass is 9.74. The molecule has 2 fully saturated rings. The van der Waals surface area contributed by atoms with Crippen LogP contribution in [0, 0.1) is 11.8 Å². The average Bonchev–Trinajstić information content (AvgIpc) is 2.37. The zero-order chi connectivity index (χ0) is 12.5. The van der Waals surface area contributed by atoms with E-state index >= 15 is 0 Å². The van der Waals surface area contributed by atoms with Crippen LogP contribution in [0.3, 0.4) is 0 Å². The van der Waals surface area contributed by atoms with Gasteiger partial charge in [-0.2, -0.15) is 0 Å². The summed E-state index contributed by atoms with van der Waals surface area (Å²) < 4.78 is 0. The third-order valence-electron chi connectivity index (χ3n) is 5.56. The summed E-state index contributed by atoms with van der Waals surface area (Å²) in [6, 6.07) is 0.827. The molecule has 100 valence electrons. The average molecular weight is 238 g/mol. The molecule has 3 atom stereocenters. The minimum Gasteiger partial charge on any atom is -0.329 e. The molecular weight excluding hydrogens is 208 g/mol. The molecule has 0 aromatic heterocycles. The van der Waals surface area contributed by atoms with Crippen molar-refractivity contribution in [3.63, 3.8) is 0 Å². The Morgan fingerprint density at radius 1 is 1.18 bits per heavy atom. The highest BCUT2D eigenvalue weighted by Gasteiger charge is 2.43. The van der Waals surface area contributed by atoms with E-state index in [-0.39, 0.29) is 5.54 Å². The number of piperidine rings is 1. The normalized spacial score (nSPS) is 34.4. The van der Waals surface area contributed by atoms with E-state index in [4.69, 9.17) is 5.73 Å². The zero-order valence-electron chi connectivity index (χ0n) is 11.9. The van der Waals surface area contributed by atoms with E-state index < -0.39 is 0 Å². The molecule has 2 aliphatic rings. The minimum atomic E-state index is 0.209. The number of hydrogen-bond acceptors (Lipinski definition) is 2. The maximum Gasteiger partial charge on any atom is 0.0329 e. The Labute approximate surface area is 107 Å². The monoisotopic (exact) mass is 238 g/mol. The molecule has 1 aliphatic carbocycles. The highest BCUT2D eigenvalue weighted by atomic mass is 15.2. The van der Waals surface area contributed by atoms with Crippen LogP contribution in [0.4, 0.5) is 0 Å². The van der Waals surface area contributed by atoms with Crippen molar-refractivity contribution in [2.24, 2.45) is 17.6 Å². The third kappa shape index (κ3) is 2.39. The Bertz CT molecular complexity index is 249. The Morgan fingerprint density at radius 2 is 1.82 bits per heavy atom. The van der Waals surface area contributed by atoms with Crippen LogP contribution in [0.25, 0.3) is 0 Å². The number of fused-ring (bicyclic) bond motifs is 1. The van der Waals surface area contributed by atoms with Crippen LogP contribution in [0.15, 0.2) is 0 Å². The van der Waals surface area contributed by atoms with E-state index in [1.165, 1.54) is 45.1 Å². The number of nitrogens with zero attached hydrogens (tertiary/aromatic N) is 1. The predicted molar refractivity (Wildman–Crippen MR) is 74.0 cm³/mol. The largest absolute Gasteiger partial charge is 0.329 e. The van der Waals surface area contributed by atoms with Crippen molar-refractivity contribution in [2.45, 2.75) is 70.9 Å². The Hall–Kier alpha value is -0.0800. The lowest BCUT2D eigenvalue weighted by Crippen LogP contribution is -2.62. The highest BCUT2D eigenvalue weighted by molar-refractivity contribution is 4.98. The molecule has 0 spiro atoms. The lowest BCUT2D eigenvalue weighted by Gasteiger charge is -2.54. The van der Waals surface area contributed by atoms with Crippen molar-refractivity contribution in [3.05, 3.63) is 0 Å². The van der Waals surface area contributed by atoms with Gasteiger partial charge in [-0.25, -0.2) is 0 Å². The summed E-state index contributed by atoms with van der Waals surface area (Å²) in [6.45, 7) is 9.12. The number of rotatable bonds is 3. The van der Waals surface area contributed by atoms with Gasteiger partial charge in [-0.15, -0.1) is 0 Å². The summed E-state index contributed by atoms with van der Waals surface area (Å²) in [6.07, 6.45) is 8.59. The Balaban J connectivity index is 2.17. The maximum absolute atomic E-state index is 6.12. The summed E-state index contributed by atoms with van der Waals surface area (Å²) in [5, 5.41) is 0. The van der Waals surface area contributed by atoms with E-state index in [9.17, 15) is 0 Å². The maximum atomic E-state index is 6.12. The molecular formula is C15H30N2. The molecule has 0 bridgehead atoms. The fourth-order valence-electron chi connectivity index (χ4n) is 3.94. The molecule has 1 heterocycles. The van der Waals surface area contributed by atoms with Gasteiger partial charge in [-0.1, -0.05) is 26.7 Å². The van der Waals surface area contributed by atoms with E-state index in [1.54, 1.807) is 0 Å². The van der Waals surface area contributed by atoms with Crippen molar-refractivity contribution in [2.75, 3.05) is 13.1 Å². The van der Waals surface area contributed by atoms with E-state index in [0.29, 0.717) is 5.92 Å². The lowest BCUT2D eigenvalue weighted by molar-refractivity contribution is -0.0385. The molecule has 1 aliphatic heterocycles. The smallest absolute Gasteiger partial charge is 0.0329 e. The van der Waals surface area contributed by atoms with Gasteiger partial charge in [0.05, 0.1) is 0 Å². The van der Waals surface area contributed by atoms with Gasteiger partial charge < -0.3 is 5.73 Å². The fourth-order valence-corrected chi connectivity index (χ4v) is 3.94. The van der Waals surface area contributed by atoms with Crippen LogP contribution in [0.2, 0.25) is 0 Å². The number of hydrogen-bond donors (Lipinski definition) is 1. The summed E-state index contributed by atoms with van der Waals surface area (Å²) >= 11 is 0. The van der Waals surface area contributed by atoms with Gasteiger partial charge in [0.15, 0.2) is 0 Å². The van der Waals surface area contributed by atoms with Crippen molar-refractivity contribution in [1.29, 1.82) is 0 Å². The van der Waals surface area contributed by atoms with Crippen molar-refractivity contribution < 1.29 is 0 Å². The first-order valence-electron chi connectivity index (χ1n) is 7.56. The van der Waals surface area contributed by atoms with E-state index in [0.717, 1.165) is 18.5 Å². The molecule has 1 unspecified atom stereocenters. The molecule has 0 aromatic carbocycles. The fraction of sp³-hybridized carbons (Fsp3) is 1.00. The first-order valence-corrected chi connectivity index (χ1v) is 7.56. The molecule has 2 N–H and O–H groups in total. The summed E-state index contributed by atoms with van der Waals surface area (Å²) in [4.78, 5) is 2.78. The Morgan fingerprint density at radius 3 is 2.47 bits per heavy atom. The van der Waals surface area contributed by atoms with Crippen LogP contribution in [-0.4, -0.2) is 29.6 Å². The third-order valence-corrected chi connectivity index (χ3v) is 5.56. The van der Waals surface area contributed by atoms with E-state index in [2.05, 4.69) is 25.7 Å². The van der Waals surface area contributed by atoms with Crippen LogP contribution in [0.5, 0.6) is 0 Å². The van der Waals surface area contributed by atoms with E-state index in [1.807, 2.05) is 0 Å². The topological polar surface area (TPSA) is 29.3 Å². The number of nitrogens with two attached hydrogens (primary N) is 1. The van der Waals surface area contributed by atoms with Gasteiger partial charge >= 0.3 is 0 Å². The first kappa shape index (κ1) is 13.4. The van der Waals surface area contributed by atoms with Gasteiger partial charge in [0.25, 0.3) is 0 Å². The van der Waals surface area contributed by atoms with Gasteiger partial charge in [-0.3, -0.25) is 4.90 Å². The van der Waals surface area contributed by atoms with Crippen LogP contribution in [-0.2, 0) is 0 Å². The molecule has 1 saturated heterocycles. The second-order valence-electron chi connectivity index (χ2n) is 6.66. The van der Waals surface area contributed by atoms with Crippen molar-refractivity contribution in [3.8, 4) is 0 Å². The number of likely N-dealkylation sites (tertiary alicyclic amines) is 1. The quantitative estimate of drug-likeness (QED) is 0.819. The zero-order valence-corrected chi connectivity index (χ0v) is 11.9. The van der Waals surface area contributed by atoms with Crippen molar-refractivity contribution >= 4 is 0 Å². The van der Waals surface area contributed by atoms with Gasteiger partial charge in [0.2, 0.25) is 0 Å². The summed E-state index contributed by atoms with van der Waals surface area (Å²) in [5.41, 5.74) is 6.33. The second-order valence-corrected chi connectivity index (χ2v) is 6.66. The van der Waals surface area contributed by atoms with Gasteiger partial charge in [0.1, 0.15) is 0 Å². The van der Waals surface area contributed by atoms with Gasteiger partial charge in [-0.05, 0) is 51.0 Å². The molecule has 0 amide bonds. The van der Waals surface area contributed by atoms with Crippen LogP contribution in [0.1, 0.15) is 59.3 Å². The SMILES string of the molecule is CC(C)C(C)(CN)N1CCC[C@H]2CCCC[C@H]21. The molecule has 2 heteroatoms. The van der Waals surface area contributed by atoms with Gasteiger partial charge in [0, 0.05) is 18.1 Å². The summed E-state index contributed by atoms with van der Waals surface area (Å²) in [5.74, 6) is 1.61. The van der Waals surface area contributed by atoms with Crippen LogP contribution >= 0.6 is 0 Å². The predicted octanol–water partition coefficient (Wildman–Crippen LogP) is 3.01. The Kier molecular flexibility index (Phi) is 4.14. The molecule has 17 heavy (non-hydrogen) atoms. The van der Waals surface area contributed by atoms with Crippen molar-refractivity contribution in [1.82, 2.24) is 4.90 Å². The second kappa shape index (κ2) is 5.27. The molecule has 0 aromatic rings. The summed E-state index contributed by atoms with van der Waals surface area (Å²) in [7, 11) is 0. The minimum absolute atomic E-state index is 0.209. The molecule has 2 nitrogen and oxygen atoms in total. The molecule has 2 rings (SSSR count). The molecule has 1 saturated carbocycles. The highest BCUT2D eigenvalue weighted by Crippen LogP contribution is 2.40. The first-order chi connectivity index (χ1) is 8.09. The molecule has 0 radical (unpaired) electrons. The van der Waals surface area contributed by atoms with Crippen LogP contribution < -0.4 is 5.73 Å².